The van der Waals surface area contributed by atoms with E-state index in [2.05, 4.69) is 13.8 Å². The summed E-state index contributed by atoms with van der Waals surface area (Å²) in [6.45, 7) is 4.72. The molecule has 4 aliphatic rings. The predicted octanol–water partition coefficient (Wildman–Crippen LogP) is 3.71. The maximum absolute atomic E-state index is 11.9. The first-order valence-corrected chi connectivity index (χ1v) is 10.2. The Morgan fingerprint density at radius 3 is 2.54 bits per heavy atom. The minimum absolute atomic E-state index is 0.0769. The van der Waals surface area contributed by atoms with Crippen LogP contribution in [0.25, 0.3) is 0 Å². The average molecular weight is 335 g/mol. The highest BCUT2D eigenvalue weighted by Crippen LogP contribution is 2.69. The Kier molecular flexibility index (Phi) is 3.93. The van der Waals surface area contributed by atoms with Crippen LogP contribution in [0.4, 0.5) is 0 Å². The summed E-state index contributed by atoms with van der Waals surface area (Å²) in [7, 11) is 0. The van der Waals surface area contributed by atoms with Gasteiger partial charge >= 0.3 is 0 Å². The van der Waals surface area contributed by atoms with Gasteiger partial charge in [-0.1, -0.05) is 13.8 Å². The van der Waals surface area contributed by atoms with Crippen LogP contribution < -0.4 is 0 Å². The van der Waals surface area contributed by atoms with Crippen LogP contribution in [0.3, 0.4) is 0 Å². The highest BCUT2D eigenvalue weighted by molar-refractivity contribution is 5.50. The molecule has 4 rings (SSSR count). The fourth-order valence-electron chi connectivity index (χ4n) is 7.81. The zero-order valence-electron chi connectivity index (χ0n) is 15.3. The van der Waals surface area contributed by atoms with Crippen molar-refractivity contribution in [3.63, 3.8) is 0 Å². The maximum atomic E-state index is 11.9. The van der Waals surface area contributed by atoms with Crippen LogP contribution >= 0.6 is 0 Å². The maximum Gasteiger partial charge on any atom is 0.120 e. The van der Waals surface area contributed by atoms with Crippen molar-refractivity contribution in [3.8, 4) is 0 Å². The molecule has 24 heavy (non-hydrogen) atoms. The summed E-state index contributed by atoms with van der Waals surface area (Å²) in [5.41, 5.74) is -0.359. The van der Waals surface area contributed by atoms with Gasteiger partial charge in [-0.15, -0.1) is 0 Å². The zero-order chi connectivity index (χ0) is 17.2. The van der Waals surface area contributed by atoms with Crippen molar-refractivity contribution >= 4 is 6.29 Å². The summed E-state index contributed by atoms with van der Waals surface area (Å²) < 4.78 is 0. The SMILES string of the molecule is C[C@]12CC[C@H](O)C[C@H]1CC[C@@H]1[C@@H]2CC[C@]2(C)[C@@H](CC=O)CC[C@]12O. The van der Waals surface area contributed by atoms with E-state index in [-0.39, 0.29) is 11.5 Å². The van der Waals surface area contributed by atoms with Crippen LogP contribution in [0.1, 0.15) is 78.1 Å². The lowest BCUT2D eigenvalue weighted by molar-refractivity contribution is -0.210. The number of aliphatic hydroxyl groups is 2. The number of rotatable bonds is 2. The van der Waals surface area contributed by atoms with E-state index in [4.69, 9.17) is 0 Å². The third-order valence-corrected chi connectivity index (χ3v) is 9.40. The van der Waals surface area contributed by atoms with Crippen LogP contribution in [-0.4, -0.2) is 28.2 Å². The molecule has 3 nitrogen and oxygen atoms in total. The quantitative estimate of drug-likeness (QED) is 0.757. The number of hydrogen-bond donors (Lipinski definition) is 2. The molecular weight excluding hydrogens is 300 g/mol. The van der Waals surface area contributed by atoms with Crippen molar-refractivity contribution in [2.24, 2.45) is 34.5 Å². The van der Waals surface area contributed by atoms with Crippen molar-refractivity contribution in [2.45, 2.75) is 89.8 Å². The molecule has 4 saturated carbocycles. The molecule has 3 heteroatoms. The third-order valence-electron chi connectivity index (χ3n) is 9.40. The van der Waals surface area contributed by atoms with Crippen molar-refractivity contribution < 1.29 is 15.0 Å². The first-order valence-electron chi connectivity index (χ1n) is 10.2. The van der Waals surface area contributed by atoms with E-state index in [9.17, 15) is 15.0 Å². The predicted molar refractivity (Wildman–Crippen MR) is 93.4 cm³/mol. The molecule has 0 aromatic heterocycles. The molecule has 2 N–H and O–H groups in total. The van der Waals surface area contributed by atoms with Crippen molar-refractivity contribution in [1.29, 1.82) is 0 Å². The Hall–Kier alpha value is -0.410. The summed E-state index contributed by atoms with van der Waals surface area (Å²) in [6.07, 6.45) is 11.0. The summed E-state index contributed by atoms with van der Waals surface area (Å²) in [5.74, 6) is 1.98. The largest absolute Gasteiger partial charge is 0.393 e. The number of aliphatic hydroxyl groups excluding tert-OH is 1. The molecule has 0 unspecified atom stereocenters. The molecule has 4 aliphatic carbocycles. The standard InChI is InChI=1S/C21H34O3/c1-19-9-6-16(23)13-15(19)3-4-18-17(19)7-10-20(2)14(8-12-22)5-11-21(18,20)24/h12,14-18,23-24H,3-11,13H2,1-2H3/t14-,15-,16+,17+,18-,19+,20-,21+/m1/s1. The number of hydrogen-bond acceptors (Lipinski definition) is 3. The van der Waals surface area contributed by atoms with E-state index < -0.39 is 5.60 Å². The number of carbonyl (C=O) groups is 1. The molecule has 0 bridgehead atoms. The smallest absolute Gasteiger partial charge is 0.120 e. The molecule has 0 aromatic carbocycles. The Balaban J connectivity index is 1.65. The van der Waals surface area contributed by atoms with Crippen LogP contribution in [0.2, 0.25) is 0 Å². The fraction of sp³-hybridized carbons (Fsp3) is 0.952. The molecule has 136 valence electrons. The second kappa shape index (κ2) is 5.54. The normalized spacial score (nSPS) is 56.9. The molecule has 0 spiro atoms. The van der Waals surface area contributed by atoms with Gasteiger partial charge in [0.25, 0.3) is 0 Å². The average Bonchev–Trinajstić information content (AvgIpc) is 2.81. The minimum atomic E-state index is -0.576. The van der Waals surface area contributed by atoms with Gasteiger partial charge in [0.15, 0.2) is 0 Å². The van der Waals surface area contributed by atoms with E-state index in [1.165, 1.54) is 6.42 Å². The van der Waals surface area contributed by atoms with Crippen molar-refractivity contribution in [3.05, 3.63) is 0 Å². The lowest BCUT2D eigenvalue weighted by Crippen LogP contribution is -2.62. The molecule has 0 aromatic rings. The van der Waals surface area contributed by atoms with Gasteiger partial charge in [0.2, 0.25) is 0 Å². The number of carbonyl (C=O) groups excluding carboxylic acids is 1. The van der Waals surface area contributed by atoms with Gasteiger partial charge in [-0.3, -0.25) is 0 Å². The van der Waals surface area contributed by atoms with Crippen molar-refractivity contribution in [1.82, 2.24) is 0 Å². The summed E-state index contributed by atoms with van der Waals surface area (Å²) in [6, 6.07) is 0. The first kappa shape index (κ1) is 17.0. The topological polar surface area (TPSA) is 57.5 Å². The van der Waals surface area contributed by atoms with E-state index in [0.29, 0.717) is 35.5 Å². The Morgan fingerprint density at radius 2 is 1.79 bits per heavy atom. The second-order valence-electron chi connectivity index (χ2n) is 9.94. The van der Waals surface area contributed by atoms with Crippen molar-refractivity contribution in [2.75, 3.05) is 0 Å². The number of fused-ring (bicyclic) bond motifs is 5. The summed E-state index contributed by atoms with van der Waals surface area (Å²) >= 11 is 0. The highest BCUT2D eigenvalue weighted by Gasteiger charge is 2.66. The molecule has 0 heterocycles. The molecule has 8 atom stereocenters. The Morgan fingerprint density at radius 1 is 1.00 bits per heavy atom. The van der Waals surface area contributed by atoms with E-state index in [1.54, 1.807) is 0 Å². The molecule has 0 saturated heterocycles. The van der Waals surface area contributed by atoms with E-state index in [1.807, 2.05) is 0 Å². The van der Waals surface area contributed by atoms with E-state index >= 15 is 0 Å². The lowest BCUT2D eigenvalue weighted by Gasteiger charge is -2.63. The van der Waals surface area contributed by atoms with Crippen LogP contribution in [0.5, 0.6) is 0 Å². The Labute approximate surface area is 146 Å². The summed E-state index contributed by atoms with van der Waals surface area (Å²) in [5, 5.41) is 22.0. The van der Waals surface area contributed by atoms with Gasteiger partial charge in [0.1, 0.15) is 6.29 Å². The molecule has 0 radical (unpaired) electrons. The lowest BCUT2D eigenvalue weighted by atomic mass is 9.43. The van der Waals surface area contributed by atoms with Gasteiger partial charge < -0.3 is 15.0 Å². The highest BCUT2D eigenvalue weighted by atomic mass is 16.3. The molecule has 4 fully saturated rings. The van der Waals surface area contributed by atoms with Gasteiger partial charge in [-0.05, 0) is 92.3 Å². The molecular formula is C21H34O3. The third kappa shape index (κ3) is 2.06. The summed E-state index contributed by atoms with van der Waals surface area (Å²) in [4.78, 5) is 11.1. The fourth-order valence-corrected chi connectivity index (χ4v) is 7.81. The monoisotopic (exact) mass is 334 g/mol. The Bertz CT molecular complexity index is 519. The second-order valence-corrected chi connectivity index (χ2v) is 9.94. The molecule has 0 aliphatic heterocycles. The van der Waals surface area contributed by atoms with Crippen LogP contribution in [-0.2, 0) is 4.79 Å². The first-order chi connectivity index (χ1) is 11.3. The van der Waals surface area contributed by atoms with Gasteiger partial charge in [-0.25, -0.2) is 0 Å². The van der Waals surface area contributed by atoms with Gasteiger partial charge in [-0.2, -0.15) is 0 Å². The zero-order valence-corrected chi connectivity index (χ0v) is 15.3. The minimum Gasteiger partial charge on any atom is -0.393 e. The van der Waals surface area contributed by atoms with Gasteiger partial charge in [0.05, 0.1) is 11.7 Å². The van der Waals surface area contributed by atoms with Crippen LogP contribution in [0, 0.1) is 34.5 Å². The number of aldehydes is 1. The molecule has 0 amide bonds. The van der Waals surface area contributed by atoms with Crippen LogP contribution in [0.15, 0.2) is 0 Å². The van der Waals surface area contributed by atoms with Gasteiger partial charge in [0, 0.05) is 6.42 Å². The van der Waals surface area contributed by atoms with E-state index in [0.717, 1.165) is 57.7 Å².